The van der Waals surface area contributed by atoms with E-state index >= 15 is 0 Å². The monoisotopic (exact) mass is 570 g/mol. The Labute approximate surface area is 248 Å². The zero-order valence-electron chi connectivity index (χ0n) is 24.8. The first-order chi connectivity index (χ1) is 20.2. The minimum absolute atomic E-state index is 0.00999. The largest absolute Gasteiger partial charge is 0.493 e. The van der Waals surface area contributed by atoms with Gasteiger partial charge in [-0.25, -0.2) is 4.79 Å². The van der Waals surface area contributed by atoms with Crippen molar-refractivity contribution in [3.8, 4) is 16.9 Å². The van der Waals surface area contributed by atoms with Gasteiger partial charge >= 0.3 is 12.1 Å². The summed E-state index contributed by atoms with van der Waals surface area (Å²) < 4.78 is 11.5. The Morgan fingerprint density at radius 3 is 2.21 bits per heavy atom. The second kappa shape index (κ2) is 13.0. The highest BCUT2D eigenvalue weighted by Crippen LogP contribution is 2.43. The number of benzene rings is 3. The van der Waals surface area contributed by atoms with Crippen LogP contribution < -0.4 is 10.1 Å². The third-order valence-electron chi connectivity index (χ3n) is 8.64. The maximum absolute atomic E-state index is 12.9. The maximum Gasteiger partial charge on any atom is 0.411 e. The van der Waals surface area contributed by atoms with Crippen LogP contribution in [0, 0.1) is 17.3 Å². The van der Waals surface area contributed by atoms with Crippen molar-refractivity contribution in [2.24, 2.45) is 17.3 Å². The van der Waals surface area contributed by atoms with E-state index in [1.165, 1.54) is 5.56 Å². The van der Waals surface area contributed by atoms with Gasteiger partial charge in [-0.1, -0.05) is 81.4 Å². The number of fused-ring (bicyclic) bond motifs is 1. The smallest absolute Gasteiger partial charge is 0.411 e. The van der Waals surface area contributed by atoms with Crippen molar-refractivity contribution in [2.75, 3.05) is 25.0 Å². The number of amides is 1. The lowest BCUT2D eigenvalue weighted by atomic mass is 9.82. The third-order valence-corrected chi connectivity index (χ3v) is 8.64. The molecule has 4 atom stereocenters. The van der Waals surface area contributed by atoms with Gasteiger partial charge < -0.3 is 14.6 Å². The predicted molar refractivity (Wildman–Crippen MR) is 165 cm³/mol. The van der Waals surface area contributed by atoms with Crippen LogP contribution >= 0.6 is 0 Å². The Bertz CT molecular complexity index is 1340. The second-order valence-corrected chi connectivity index (χ2v) is 12.7. The van der Waals surface area contributed by atoms with Crippen molar-refractivity contribution in [1.82, 2.24) is 4.90 Å². The summed E-state index contributed by atoms with van der Waals surface area (Å²) in [5.74, 6) is 0.881. The van der Waals surface area contributed by atoms with Gasteiger partial charge in [0.1, 0.15) is 11.9 Å². The van der Waals surface area contributed by atoms with Crippen LogP contribution in [0.25, 0.3) is 11.1 Å². The molecule has 7 nitrogen and oxygen atoms in total. The summed E-state index contributed by atoms with van der Waals surface area (Å²) in [7, 11) is 0. The normalized spacial score (nSPS) is 21.0. The number of aliphatic carboxylic acids is 1. The molecule has 1 amide bonds. The number of likely N-dealkylation sites (tertiary alicyclic amines) is 1. The third kappa shape index (κ3) is 7.51. The van der Waals surface area contributed by atoms with Crippen molar-refractivity contribution in [3.05, 3.63) is 84.4 Å². The summed E-state index contributed by atoms with van der Waals surface area (Å²) in [5.41, 5.74) is 4.12. The molecule has 7 heteroatoms. The topological polar surface area (TPSA) is 88.1 Å². The molecule has 2 N–H and O–H groups in total. The first-order valence-electron chi connectivity index (χ1n) is 15.0. The minimum atomic E-state index is -0.860. The average Bonchev–Trinajstić information content (AvgIpc) is 3.51. The van der Waals surface area contributed by atoms with E-state index < -0.39 is 5.97 Å². The molecule has 2 unspecified atom stereocenters. The van der Waals surface area contributed by atoms with Crippen molar-refractivity contribution < 1.29 is 24.2 Å². The lowest BCUT2D eigenvalue weighted by molar-refractivity contribution is -0.137. The van der Waals surface area contributed by atoms with Gasteiger partial charge in [-0.3, -0.25) is 15.0 Å². The lowest BCUT2D eigenvalue weighted by Crippen LogP contribution is -2.45. The Balaban J connectivity index is 1.14. The van der Waals surface area contributed by atoms with E-state index in [0.717, 1.165) is 49.2 Å². The average molecular weight is 571 g/mol. The zero-order valence-corrected chi connectivity index (χ0v) is 24.8. The number of carboxylic acid groups (broad SMARTS) is 1. The fourth-order valence-electron chi connectivity index (χ4n) is 6.57. The van der Waals surface area contributed by atoms with Gasteiger partial charge in [-0.05, 0) is 65.8 Å². The van der Waals surface area contributed by atoms with E-state index in [2.05, 4.69) is 43.1 Å². The van der Waals surface area contributed by atoms with Crippen molar-refractivity contribution in [2.45, 2.75) is 58.6 Å². The molecular formula is C35H42N2O5. The van der Waals surface area contributed by atoms with Crippen LogP contribution in [0.1, 0.15) is 45.6 Å². The van der Waals surface area contributed by atoms with E-state index in [1.54, 1.807) is 0 Å². The molecule has 222 valence electrons. The number of carbonyl (C=O) groups is 2. The van der Waals surface area contributed by atoms with Gasteiger partial charge in [0.25, 0.3) is 0 Å². The van der Waals surface area contributed by atoms with E-state index in [4.69, 9.17) is 14.6 Å². The molecule has 1 heterocycles. The molecule has 2 fully saturated rings. The molecule has 2 aliphatic rings. The van der Waals surface area contributed by atoms with Crippen molar-refractivity contribution in [3.63, 3.8) is 0 Å². The molecule has 0 radical (unpaired) electrons. The first-order valence-corrected chi connectivity index (χ1v) is 15.0. The fourth-order valence-corrected chi connectivity index (χ4v) is 6.57. The molecule has 0 spiro atoms. The van der Waals surface area contributed by atoms with Crippen LogP contribution in [0.2, 0.25) is 0 Å². The molecule has 42 heavy (non-hydrogen) atoms. The highest BCUT2D eigenvalue weighted by molar-refractivity contribution is 5.91. The molecule has 0 bridgehead atoms. The number of ether oxygens (including phenoxy) is 2. The maximum atomic E-state index is 12.9. The first kappa shape index (κ1) is 29.6. The van der Waals surface area contributed by atoms with Crippen LogP contribution in [0.4, 0.5) is 10.5 Å². The number of hydrogen-bond acceptors (Lipinski definition) is 5. The highest BCUT2D eigenvalue weighted by Gasteiger charge is 2.45. The Morgan fingerprint density at radius 2 is 1.57 bits per heavy atom. The number of rotatable bonds is 10. The van der Waals surface area contributed by atoms with Crippen LogP contribution in [0.15, 0.2) is 78.9 Å². The number of hydrogen-bond donors (Lipinski definition) is 2. The summed E-state index contributed by atoms with van der Waals surface area (Å²) in [6.07, 6.45) is 2.27. The van der Waals surface area contributed by atoms with Gasteiger partial charge in [-0.15, -0.1) is 0 Å². The van der Waals surface area contributed by atoms with E-state index in [0.29, 0.717) is 23.6 Å². The summed E-state index contributed by atoms with van der Waals surface area (Å²) in [5, 5.41) is 11.8. The molecule has 3 aromatic carbocycles. The number of anilines is 1. The zero-order chi connectivity index (χ0) is 29.7. The number of nitrogens with zero attached hydrogens (tertiary/aromatic N) is 1. The van der Waals surface area contributed by atoms with Gasteiger partial charge in [0, 0.05) is 24.7 Å². The Kier molecular flexibility index (Phi) is 9.17. The second-order valence-electron chi connectivity index (χ2n) is 12.7. The highest BCUT2D eigenvalue weighted by atomic mass is 16.6. The summed E-state index contributed by atoms with van der Waals surface area (Å²) in [6, 6.07) is 26.3. The van der Waals surface area contributed by atoms with Crippen LogP contribution in [0.5, 0.6) is 5.75 Å². The van der Waals surface area contributed by atoms with Gasteiger partial charge in [0.15, 0.2) is 0 Å². The predicted octanol–water partition coefficient (Wildman–Crippen LogP) is 7.12. The molecule has 3 aromatic rings. The lowest BCUT2D eigenvalue weighted by Gasteiger charge is -2.39. The number of para-hydroxylation sites is 1. The van der Waals surface area contributed by atoms with Crippen LogP contribution in [-0.4, -0.2) is 53.9 Å². The van der Waals surface area contributed by atoms with Crippen LogP contribution in [0.3, 0.4) is 0 Å². The number of nitrogens with one attached hydrogen (secondary N) is 1. The molecular weight excluding hydrogens is 528 g/mol. The van der Waals surface area contributed by atoms with E-state index in [1.807, 2.05) is 66.7 Å². The Morgan fingerprint density at radius 1 is 0.929 bits per heavy atom. The van der Waals surface area contributed by atoms with Gasteiger partial charge in [0.2, 0.25) is 0 Å². The summed E-state index contributed by atoms with van der Waals surface area (Å²) in [6.45, 7) is 9.11. The Hall–Kier alpha value is -3.84. The molecule has 1 saturated carbocycles. The molecule has 1 aliphatic heterocycles. The van der Waals surface area contributed by atoms with Gasteiger partial charge in [-0.2, -0.15) is 0 Å². The molecule has 1 saturated heterocycles. The fraction of sp³-hybridized carbons (Fsp3) is 0.429. The summed E-state index contributed by atoms with van der Waals surface area (Å²) >= 11 is 0. The quantitative estimate of drug-likeness (QED) is 0.270. The van der Waals surface area contributed by atoms with E-state index in [-0.39, 0.29) is 30.6 Å². The van der Waals surface area contributed by atoms with Crippen molar-refractivity contribution in [1.29, 1.82) is 0 Å². The van der Waals surface area contributed by atoms with Crippen molar-refractivity contribution >= 4 is 17.7 Å². The SMILES string of the molecule is CC(C)(C)C(Cc1ccc(OCCC(=O)O)cc1)N1C[C@H]2CC(OC(=O)Nc3ccccc3-c3ccccc3)C[C@H]2C1. The van der Waals surface area contributed by atoms with E-state index in [9.17, 15) is 9.59 Å². The summed E-state index contributed by atoms with van der Waals surface area (Å²) in [4.78, 5) is 26.3. The minimum Gasteiger partial charge on any atom is -0.493 e. The number of carboxylic acids is 1. The molecule has 5 rings (SSSR count). The molecule has 0 aromatic heterocycles. The molecule has 1 aliphatic carbocycles. The van der Waals surface area contributed by atoms with Gasteiger partial charge in [0.05, 0.1) is 18.7 Å². The standard InChI is InChI=1S/C35H42N2O5/c1-35(2,3)32(19-24-13-15-28(16-14-24)41-18-17-33(38)39)37-22-26-20-29(21-27(26)23-37)42-34(40)36-31-12-8-7-11-30(31)25-9-5-4-6-10-25/h4-16,26-27,29,32H,17-23H2,1-3H3,(H,36,40)(H,38,39)/t26-,27+,29?,32?. The number of carbonyl (C=O) groups excluding carboxylic acids is 1. The van der Waals surface area contributed by atoms with Crippen LogP contribution in [-0.2, 0) is 16.0 Å².